The zero-order valence-electron chi connectivity index (χ0n) is 21.5. The number of hydrogen-bond donors (Lipinski definition) is 3. The Kier molecular flexibility index (Phi) is 8.41. The van der Waals surface area contributed by atoms with Gasteiger partial charge in [-0.2, -0.15) is 5.10 Å². The number of aliphatic hydroxyl groups is 1. The van der Waals surface area contributed by atoms with Crippen molar-refractivity contribution >= 4 is 57.9 Å². The van der Waals surface area contributed by atoms with Crippen LogP contribution >= 0.6 is 34.8 Å². The standard InChI is InChI=1S/C27H20Cl3F2N7O3/c1-13(25(41)35-22(11-40)14-4-16(28)7-18(32)5-14)38-12-34-39-10-15(6-23(39)26(38)42)24-20(30)9-33-27(37-24)36-21-3-2-17(31)8-19(21)29/h2-10,12-13,22,40H,11H2,1H3,(H,35,41)(H,33,36,37)/t13?,22-/m1/s1. The zero-order chi connectivity index (χ0) is 30.1. The molecule has 3 heterocycles. The summed E-state index contributed by atoms with van der Waals surface area (Å²) in [7, 11) is 0. The molecule has 2 aromatic carbocycles. The van der Waals surface area contributed by atoms with Crippen LogP contribution in [0.4, 0.5) is 20.4 Å². The number of benzene rings is 2. The highest BCUT2D eigenvalue weighted by Crippen LogP contribution is 2.30. The van der Waals surface area contributed by atoms with E-state index in [-0.39, 0.29) is 37.8 Å². The van der Waals surface area contributed by atoms with Crippen molar-refractivity contribution in [3.05, 3.63) is 104 Å². The second kappa shape index (κ2) is 12.0. The van der Waals surface area contributed by atoms with Gasteiger partial charge >= 0.3 is 0 Å². The van der Waals surface area contributed by atoms with Gasteiger partial charge in [-0.15, -0.1) is 0 Å². The molecule has 5 aromatic rings. The Morgan fingerprint density at radius 1 is 1.07 bits per heavy atom. The van der Waals surface area contributed by atoms with Gasteiger partial charge in [0.1, 0.15) is 29.5 Å². The first-order valence-corrected chi connectivity index (χ1v) is 13.4. The number of fused-ring (bicyclic) bond motifs is 1. The van der Waals surface area contributed by atoms with E-state index in [0.29, 0.717) is 11.3 Å². The highest BCUT2D eigenvalue weighted by molar-refractivity contribution is 6.33. The molecule has 0 aliphatic rings. The van der Waals surface area contributed by atoms with Crippen molar-refractivity contribution in [1.82, 2.24) is 29.5 Å². The van der Waals surface area contributed by atoms with Gasteiger partial charge in [-0.1, -0.05) is 34.8 Å². The number of carbonyl (C=O) groups excluding carboxylic acids is 1. The minimum absolute atomic E-state index is 0.103. The number of aromatic nitrogens is 5. The minimum Gasteiger partial charge on any atom is -0.394 e. The summed E-state index contributed by atoms with van der Waals surface area (Å²) in [5.41, 5.74) is 0.905. The monoisotopic (exact) mass is 633 g/mol. The van der Waals surface area contributed by atoms with E-state index in [1.54, 1.807) is 0 Å². The quantitative estimate of drug-likeness (QED) is 0.210. The van der Waals surface area contributed by atoms with E-state index in [9.17, 15) is 23.5 Å². The first kappa shape index (κ1) is 29.4. The number of amides is 1. The summed E-state index contributed by atoms with van der Waals surface area (Å²) in [4.78, 5) is 34.9. The topological polar surface area (TPSA) is 126 Å². The van der Waals surface area contributed by atoms with Gasteiger partial charge in [-0.05, 0) is 55.0 Å². The van der Waals surface area contributed by atoms with E-state index in [0.717, 1.165) is 22.8 Å². The third-order valence-electron chi connectivity index (χ3n) is 6.33. The number of hydrogen-bond acceptors (Lipinski definition) is 7. The summed E-state index contributed by atoms with van der Waals surface area (Å²) in [5.74, 6) is -1.63. The van der Waals surface area contributed by atoms with Gasteiger partial charge in [0.2, 0.25) is 11.9 Å². The Morgan fingerprint density at radius 3 is 2.57 bits per heavy atom. The van der Waals surface area contributed by atoms with Crippen LogP contribution in [-0.4, -0.2) is 41.8 Å². The van der Waals surface area contributed by atoms with Crippen LogP contribution in [0.15, 0.2) is 66.0 Å². The lowest BCUT2D eigenvalue weighted by atomic mass is 10.1. The highest BCUT2D eigenvalue weighted by Gasteiger charge is 2.23. The van der Waals surface area contributed by atoms with Gasteiger partial charge in [-0.3, -0.25) is 14.2 Å². The molecule has 2 atom stereocenters. The van der Waals surface area contributed by atoms with E-state index in [1.807, 2.05) is 0 Å². The molecule has 0 radical (unpaired) electrons. The molecule has 0 aliphatic carbocycles. The molecule has 3 N–H and O–H groups in total. The summed E-state index contributed by atoms with van der Waals surface area (Å²) in [6.45, 7) is 0.946. The number of rotatable bonds is 8. The fourth-order valence-electron chi connectivity index (χ4n) is 4.18. The number of anilines is 2. The average molecular weight is 635 g/mol. The van der Waals surface area contributed by atoms with Crippen LogP contribution in [0.1, 0.15) is 24.6 Å². The summed E-state index contributed by atoms with van der Waals surface area (Å²) in [6, 6.07) is 6.96. The van der Waals surface area contributed by atoms with Crippen LogP contribution < -0.4 is 16.2 Å². The van der Waals surface area contributed by atoms with E-state index in [1.165, 1.54) is 54.4 Å². The third kappa shape index (κ3) is 6.07. The fraction of sp³-hybridized carbons (Fsp3) is 0.148. The highest BCUT2D eigenvalue weighted by atomic mass is 35.5. The normalized spacial score (nSPS) is 12.7. The Hall–Kier alpha value is -4.10. The summed E-state index contributed by atoms with van der Waals surface area (Å²) in [6.07, 6.45) is 4.08. The predicted octanol–water partition coefficient (Wildman–Crippen LogP) is 5.35. The largest absolute Gasteiger partial charge is 0.394 e. The molecule has 1 unspecified atom stereocenters. The smallest absolute Gasteiger partial charge is 0.278 e. The lowest BCUT2D eigenvalue weighted by molar-refractivity contribution is -0.125. The summed E-state index contributed by atoms with van der Waals surface area (Å²) in [5, 5.41) is 20.0. The lowest BCUT2D eigenvalue weighted by Gasteiger charge is -2.21. The number of halogens is 5. The fourth-order valence-corrected chi connectivity index (χ4v) is 4.82. The molecule has 5 rings (SSSR count). The van der Waals surface area contributed by atoms with Crippen molar-refractivity contribution in [2.24, 2.45) is 0 Å². The predicted molar refractivity (Wildman–Crippen MR) is 154 cm³/mol. The van der Waals surface area contributed by atoms with Crippen LogP contribution in [0, 0.1) is 11.6 Å². The van der Waals surface area contributed by atoms with Gasteiger partial charge in [0, 0.05) is 16.8 Å². The molecule has 10 nitrogen and oxygen atoms in total. The minimum atomic E-state index is -1.05. The van der Waals surface area contributed by atoms with Crippen LogP contribution in [0.25, 0.3) is 16.8 Å². The average Bonchev–Trinajstić information content (AvgIpc) is 3.38. The molecule has 0 spiro atoms. The molecule has 0 fully saturated rings. The Labute approximate surface area is 251 Å². The molecule has 0 aliphatic heterocycles. The summed E-state index contributed by atoms with van der Waals surface area (Å²) < 4.78 is 29.6. The maximum Gasteiger partial charge on any atom is 0.278 e. The molecule has 15 heteroatoms. The van der Waals surface area contributed by atoms with Gasteiger partial charge in [0.15, 0.2) is 0 Å². The van der Waals surface area contributed by atoms with Gasteiger partial charge in [0.05, 0.1) is 40.3 Å². The molecule has 3 aromatic heterocycles. The maximum absolute atomic E-state index is 13.8. The van der Waals surface area contributed by atoms with Crippen molar-refractivity contribution < 1.29 is 18.7 Å². The van der Waals surface area contributed by atoms with Crippen molar-refractivity contribution in [3.8, 4) is 11.3 Å². The molecular weight excluding hydrogens is 615 g/mol. The summed E-state index contributed by atoms with van der Waals surface area (Å²) >= 11 is 18.4. The van der Waals surface area contributed by atoms with E-state index < -0.39 is 41.8 Å². The molecule has 42 heavy (non-hydrogen) atoms. The Bertz CT molecular complexity index is 1860. The van der Waals surface area contributed by atoms with Crippen molar-refractivity contribution in [2.75, 3.05) is 11.9 Å². The number of aliphatic hydroxyl groups excluding tert-OH is 1. The van der Waals surface area contributed by atoms with Crippen molar-refractivity contribution in [1.29, 1.82) is 0 Å². The zero-order valence-corrected chi connectivity index (χ0v) is 23.8. The van der Waals surface area contributed by atoms with Gasteiger partial charge in [0.25, 0.3) is 5.56 Å². The van der Waals surface area contributed by atoms with Crippen molar-refractivity contribution in [3.63, 3.8) is 0 Å². The molecule has 1 amide bonds. The first-order chi connectivity index (χ1) is 20.0. The van der Waals surface area contributed by atoms with Crippen LogP contribution in [0.3, 0.4) is 0 Å². The molecule has 0 saturated carbocycles. The molecule has 216 valence electrons. The third-order valence-corrected chi connectivity index (χ3v) is 7.14. The Balaban J connectivity index is 1.41. The number of carbonyl (C=O) groups is 1. The molecule has 0 bridgehead atoms. The van der Waals surface area contributed by atoms with E-state index >= 15 is 0 Å². The van der Waals surface area contributed by atoms with Gasteiger partial charge < -0.3 is 15.7 Å². The first-order valence-electron chi connectivity index (χ1n) is 12.3. The van der Waals surface area contributed by atoms with Crippen LogP contribution in [0.5, 0.6) is 0 Å². The Morgan fingerprint density at radius 2 is 1.86 bits per heavy atom. The second-order valence-electron chi connectivity index (χ2n) is 9.16. The van der Waals surface area contributed by atoms with Gasteiger partial charge in [-0.25, -0.2) is 23.3 Å². The second-order valence-corrected chi connectivity index (χ2v) is 10.4. The van der Waals surface area contributed by atoms with Crippen LogP contribution in [-0.2, 0) is 4.79 Å². The SMILES string of the molecule is CC(C(=O)N[C@H](CO)c1cc(F)cc(Cl)c1)n1cnn2cc(-c3nc(Nc4ccc(F)cc4Cl)ncc3Cl)cc2c1=O. The number of nitrogens with one attached hydrogen (secondary N) is 2. The molecule has 0 saturated heterocycles. The maximum atomic E-state index is 13.8. The van der Waals surface area contributed by atoms with Crippen molar-refractivity contribution in [2.45, 2.75) is 19.0 Å². The molecular formula is C27H20Cl3F2N7O3. The lowest BCUT2D eigenvalue weighted by Crippen LogP contribution is -2.39. The van der Waals surface area contributed by atoms with E-state index in [4.69, 9.17) is 34.8 Å². The van der Waals surface area contributed by atoms with Crippen LogP contribution in [0.2, 0.25) is 15.1 Å². The number of nitrogens with zero attached hydrogens (tertiary/aromatic N) is 5. The van der Waals surface area contributed by atoms with E-state index in [2.05, 4.69) is 25.7 Å².